The highest BCUT2D eigenvalue weighted by Crippen LogP contribution is 2.15. The lowest BCUT2D eigenvalue weighted by Gasteiger charge is -2.00. The Morgan fingerprint density at radius 1 is 1.05 bits per heavy atom. The molecule has 3 rings (SSSR count). The third-order valence-corrected chi connectivity index (χ3v) is 3.37. The van der Waals surface area contributed by atoms with Crippen molar-refractivity contribution in [3.05, 3.63) is 77.2 Å². The predicted octanol–water partition coefficient (Wildman–Crippen LogP) is 4.58. The fourth-order valence-corrected chi connectivity index (χ4v) is 2.05. The monoisotopic (exact) mass is 295 g/mol. The molecule has 0 N–H and O–H groups in total. The van der Waals surface area contributed by atoms with Crippen LogP contribution in [0.15, 0.2) is 66.0 Å². The number of halogens is 1. The molecule has 0 spiro atoms. The van der Waals surface area contributed by atoms with E-state index in [1.807, 2.05) is 35.0 Å². The standard InChI is InChI=1S/C17H14ClN3/c1-13-2-8-16(9-3-13)21-11-17(20-12-21)19-10-14-4-6-15(18)7-5-14/h2-12H,1H3/b19-10+. The van der Waals surface area contributed by atoms with Gasteiger partial charge in [-0.25, -0.2) is 9.98 Å². The average molecular weight is 296 g/mol. The zero-order valence-corrected chi connectivity index (χ0v) is 12.3. The molecular formula is C17H14ClN3. The summed E-state index contributed by atoms with van der Waals surface area (Å²) in [6.07, 6.45) is 5.44. The molecule has 3 aromatic rings. The number of aromatic nitrogens is 2. The zero-order chi connectivity index (χ0) is 14.7. The number of imidazole rings is 1. The molecule has 0 bridgehead atoms. The summed E-state index contributed by atoms with van der Waals surface area (Å²) in [6, 6.07) is 15.8. The summed E-state index contributed by atoms with van der Waals surface area (Å²) in [5, 5.41) is 0.718. The molecule has 1 aromatic heterocycles. The van der Waals surface area contributed by atoms with Crippen molar-refractivity contribution in [2.24, 2.45) is 4.99 Å². The van der Waals surface area contributed by atoms with E-state index >= 15 is 0 Å². The number of rotatable bonds is 3. The normalized spacial score (nSPS) is 11.1. The molecule has 0 fully saturated rings. The Bertz CT molecular complexity index is 755. The van der Waals surface area contributed by atoms with Crippen molar-refractivity contribution in [1.29, 1.82) is 0 Å². The van der Waals surface area contributed by atoms with Gasteiger partial charge in [-0.1, -0.05) is 41.4 Å². The van der Waals surface area contributed by atoms with E-state index in [1.54, 1.807) is 12.5 Å². The molecule has 0 saturated heterocycles. The molecule has 0 unspecified atom stereocenters. The van der Waals surface area contributed by atoms with Crippen molar-refractivity contribution in [3.63, 3.8) is 0 Å². The highest BCUT2D eigenvalue weighted by molar-refractivity contribution is 6.30. The molecule has 0 radical (unpaired) electrons. The van der Waals surface area contributed by atoms with Crippen LogP contribution in [0.25, 0.3) is 5.69 Å². The minimum Gasteiger partial charge on any atom is -0.304 e. The topological polar surface area (TPSA) is 30.2 Å². The first-order chi connectivity index (χ1) is 10.2. The molecule has 0 saturated carbocycles. The van der Waals surface area contributed by atoms with Crippen LogP contribution < -0.4 is 0 Å². The van der Waals surface area contributed by atoms with Crippen LogP contribution in [0.1, 0.15) is 11.1 Å². The Labute approximate surface area is 128 Å². The Balaban J connectivity index is 1.78. The second-order valence-corrected chi connectivity index (χ2v) is 5.22. The van der Waals surface area contributed by atoms with Crippen molar-refractivity contribution >= 4 is 23.6 Å². The van der Waals surface area contributed by atoms with Crippen LogP contribution in [0.3, 0.4) is 0 Å². The largest absolute Gasteiger partial charge is 0.304 e. The third kappa shape index (κ3) is 3.38. The van der Waals surface area contributed by atoms with Crippen LogP contribution >= 0.6 is 11.6 Å². The van der Waals surface area contributed by atoms with Crippen molar-refractivity contribution in [2.75, 3.05) is 0 Å². The molecule has 4 heteroatoms. The van der Waals surface area contributed by atoms with Crippen LogP contribution in [0, 0.1) is 6.92 Å². The molecule has 104 valence electrons. The van der Waals surface area contributed by atoms with Crippen LogP contribution in [0.2, 0.25) is 5.02 Å². The van der Waals surface area contributed by atoms with Crippen molar-refractivity contribution in [1.82, 2.24) is 9.55 Å². The van der Waals surface area contributed by atoms with Crippen LogP contribution in [0.5, 0.6) is 0 Å². The minimum absolute atomic E-state index is 0.672. The first-order valence-corrected chi connectivity index (χ1v) is 6.99. The number of aliphatic imine (C=N–C) groups is 1. The lowest BCUT2D eigenvalue weighted by atomic mass is 10.2. The first-order valence-electron chi connectivity index (χ1n) is 6.61. The van der Waals surface area contributed by atoms with E-state index in [9.17, 15) is 0 Å². The van der Waals surface area contributed by atoms with Gasteiger partial charge in [-0.15, -0.1) is 0 Å². The van der Waals surface area contributed by atoms with Gasteiger partial charge >= 0.3 is 0 Å². The van der Waals surface area contributed by atoms with Gasteiger partial charge in [-0.2, -0.15) is 0 Å². The van der Waals surface area contributed by atoms with Crippen LogP contribution in [-0.4, -0.2) is 15.8 Å². The summed E-state index contributed by atoms with van der Waals surface area (Å²) >= 11 is 5.85. The maximum atomic E-state index is 5.85. The molecule has 0 aliphatic heterocycles. The average Bonchev–Trinajstić information content (AvgIpc) is 2.96. The summed E-state index contributed by atoms with van der Waals surface area (Å²) in [4.78, 5) is 8.66. The van der Waals surface area contributed by atoms with Gasteiger partial charge in [0.25, 0.3) is 0 Å². The Morgan fingerprint density at radius 3 is 2.48 bits per heavy atom. The number of nitrogens with zero attached hydrogens (tertiary/aromatic N) is 3. The molecule has 0 atom stereocenters. The number of hydrogen-bond donors (Lipinski definition) is 0. The second kappa shape index (κ2) is 5.94. The van der Waals surface area contributed by atoms with Crippen molar-refractivity contribution in [3.8, 4) is 5.69 Å². The lowest BCUT2D eigenvalue weighted by molar-refractivity contribution is 1.05. The van der Waals surface area contributed by atoms with Gasteiger partial charge in [0.05, 0.1) is 6.20 Å². The summed E-state index contributed by atoms with van der Waals surface area (Å²) in [5.74, 6) is 0.672. The quantitative estimate of drug-likeness (QED) is 0.650. The van der Waals surface area contributed by atoms with E-state index in [1.165, 1.54) is 5.56 Å². The van der Waals surface area contributed by atoms with E-state index in [0.29, 0.717) is 5.82 Å². The predicted molar refractivity (Wildman–Crippen MR) is 87.0 cm³/mol. The highest BCUT2D eigenvalue weighted by atomic mass is 35.5. The van der Waals surface area contributed by atoms with Gasteiger partial charge in [-0.3, -0.25) is 0 Å². The molecule has 2 aromatic carbocycles. The molecule has 21 heavy (non-hydrogen) atoms. The molecule has 3 nitrogen and oxygen atoms in total. The maximum absolute atomic E-state index is 5.85. The molecule has 0 amide bonds. The summed E-state index contributed by atoms with van der Waals surface area (Å²) in [7, 11) is 0. The van der Waals surface area contributed by atoms with E-state index in [0.717, 1.165) is 16.3 Å². The molecule has 0 aliphatic rings. The Kier molecular flexibility index (Phi) is 3.84. The van der Waals surface area contributed by atoms with E-state index in [2.05, 4.69) is 41.2 Å². The smallest absolute Gasteiger partial charge is 0.170 e. The highest BCUT2D eigenvalue weighted by Gasteiger charge is 1.99. The van der Waals surface area contributed by atoms with E-state index in [-0.39, 0.29) is 0 Å². The Morgan fingerprint density at radius 2 is 1.76 bits per heavy atom. The first kappa shape index (κ1) is 13.6. The second-order valence-electron chi connectivity index (χ2n) is 4.78. The SMILES string of the molecule is Cc1ccc(-n2cnc(/N=C/c3ccc(Cl)cc3)c2)cc1. The summed E-state index contributed by atoms with van der Waals surface area (Å²) in [6.45, 7) is 2.07. The number of hydrogen-bond acceptors (Lipinski definition) is 2. The van der Waals surface area contributed by atoms with Crippen molar-refractivity contribution in [2.45, 2.75) is 6.92 Å². The number of benzene rings is 2. The summed E-state index contributed by atoms with van der Waals surface area (Å²) in [5.41, 5.74) is 3.30. The van der Waals surface area contributed by atoms with Gasteiger partial charge in [0.15, 0.2) is 5.82 Å². The van der Waals surface area contributed by atoms with Crippen LogP contribution in [0.4, 0.5) is 5.82 Å². The van der Waals surface area contributed by atoms with Gasteiger partial charge in [-0.05, 0) is 36.8 Å². The third-order valence-electron chi connectivity index (χ3n) is 3.12. The molecular weight excluding hydrogens is 282 g/mol. The number of aryl methyl sites for hydroxylation is 1. The molecule has 1 heterocycles. The zero-order valence-electron chi connectivity index (χ0n) is 11.6. The van der Waals surface area contributed by atoms with E-state index < -0.39 is 0 Å². The fraction of sp³-hybridized carbons (Fsp3) is 0.0588. The van der Waals surface area contributed by atoms with Crippen LogP contribution in [-0.2, 0) is 0 Å². The van der Waals surface area contributed by atoms with Gasteiger partial charge in [0.1, 0.15) is 6.33 Å². The summed E-state index contributed by atoms with van der Waals surface area (Å²) < 4.78 is 1.95. The lowest BCUT2D eigenvalue weighted by Crippen LogP contribution is -1.88. The Hall–Kier alpha value is -2.39. The minimum atomic E-state index is 0.672. The van der Waals surface area contributed by atoms with Gasteiger partial charge < -0.3 is 4.57 Å². The molecule has 0 aliphatic carbocycles. The van der Waals surface area contributed by atoms with E-state index in [4.69, 9.17) is 11.6 Å². The maximum Gasteiger partial charge on any atom is 0.170 e. The fourth-order valence-electron chi connectivity index (χ4n) is 1.93. The van der Waals surface area contributed by atoms with Gasteiger partial charge in [0, 0.05) is 16.9 Å². The van der Waals surface area contributed by atoms with Gasteiger partial charge in [0.2, 0.25) is 0 Å². The van der Waals surface area contributed by atoms with Crippen molar-refractivity contribution < 1.29 is 0 Å².